The molecule has 0 spiro atoms. The molecule has 0 amide bonds. The van der Waals surface area contributed by atoms with E-state index in [-0.39, 0.29) is 18.6 Å². The van der Waals surface area contributed by atoms with E-state index in [1.165, 1.54) is 6.20 Å². The van der Waals surface area contributed by atoms with Crippen molar-refractivity contribution in [2.75, 3.05) is 0 Å². The Balaban J connectivity index is 2.90. The summed E-state index contributed by atoms with van der Waals surface area (Å²) in [5.74, 6) is -2.19. The molecule has 0 radical (unpaired) electrons. The molecule has 0 saturated heterocycles. The fourth-order valence-electron chi connectivity index (χ4n) is 1.70. The van der Waals surface area contributed by atoms with Crippen LogP contribution in [0.2, 0.25) is 5.15 Å². The molecule has 0 aliphatic heterocycles. The molecule has 0 saturated carbocycles. The maximum atomic E-state index is 12.1. The number of nitrogens with zero attached hydrogens (tertiary/aromatic N) is 1. The van der Waals surface area contributed by atoms with Crippen LogP contribution < -0.4 is 0 Å². The predicted octanol–water partition coefficient (Wildman–Crippen LogP) is 2.80. The van der Waals surface area contributed by atoms with E-state index in [1.807, 2.05) is 0 Å². The smallest absolute Gasteiger partial charge is 0.320 e. The van der Waals surface area contributed by atoms with Crippen LogP contribution >= 0.6 is 11.6 Å². The van der Waals surface area contributed by atoms with Gasteiger partial charge < -0.3 is 9.47 Å². The first-order valence-corrected chi connectivity index (χ1v) is 7.18. The van der Waals surface area contributed by atoms with Crippen molar-refractivity contribution in [2.24, 2.45) is 5.92 Å². The highest BCUT2D eigenvalue weighted by Gasteiger charge is 2.31. The van der Waals surface area contributed by atoms with Gasteiger partial charge in [-0.3, -0.25) is 9.59 Å². The number of carbonyl (C=O) groups excluding carboxylic acids is 2. The van der Waals surface area contributed by atoms with Gasteiger partial charge in [0.15, 0.2) is 5.92 Å². The maximum absolute atomic E-state index is 12.1. The van der Waals surface area contributed by atoms with E-state index < -0.39 is 17.9 Å². The Kier molecular flexibility index (Phi) is 6.62. The fraction of sp³-hybridized carbons (Fsp3) is 0.533. The quantitative estimate of drug-likeness (QED) is 0.459. The lowest BCUT2D eigenvalue weighted by molar-refractivity contribution is -0.166. The molecule has 21 heavy (non-hydrogen) atoms. The maximum Gasteiger partial charge on any atom is 0.320 e. The SMILES string of the molecule is CC(C)OC(=O)C(Cc1ccnc(Cl)c1)C(=O)OC(C)C. The molecule has 0 atom stereocenters. The van der Waals surface area contributed by atoms with E-state index in [2.05, 4.69) is 4.98 Å². The molecule has 0 N–H and O–H groups in total. The molecule has 116 valence electrons. The van der Waals surface area contributed by atoms with Gasteiger partial charge >= 0.3 is 11.9 Å². The highest BCUT2D eigenvalue weighted by atomic mass is 35.5. The summed E-state index contributed by atoms with van der Waals surface area (Å²) < 4.78 is 10.3. The van der Waals surface area contributed by atoms with Crippen LogP contribution in [-0.4, -0.2) is 29.1 Å². The average Bonchev–Trinajstić information content (AvgIpc) is 2.34. The van der Waals surface area contributed by atoms with Gasteiger partial charge in [-0.15, -0.1) is 0 Å². The van der Waals surface area contributed by atoms with E-state index in [1.54, 1.807) is 39.8 Å². The lowest BCUT2D eigenvalue weighted by Crippen LogP contribution is -2.32. The highest BCUT2D eigenvalue weighted by molar-refractivity contribution is 6.29. The zero-order chi connectivity index (χ0) is 16.0. The van der Waals surface area contributed by atoms with Crippen molar-refractivity contribution in [3.8, 4) is 0 Å². The van der Waals surface area contributed by atoms with E-state index >= 15 is 0 Å². The van der Waals surface area contributed by atoms with Crippen LogP contribution in [0.25, 0.3) is 0 Å². The Bertz CT molecular complexity index is 480. The largest absolute Gasteiger partial charge is 0.462 e. The summed E-state index contributed by atoms with van der Waals surface area (Å²) in [4.78, 5) is 28.1. The Morgan fingerprint density at radius 2 is 1.67 bits per heavy atom. The summed E-state index contributed by atoms with van der Waals surface area (Å²) in [7, 11) is 0. The molecular weight excluding hydrogens is 294 g/mol. The van der Waals surface area contributed by atoms with Crippen LogP contribution in [0.5, 0.6) is 0 Å². The third-order valence-corrected chi connectivity index (χ3v) is 2.71. The second kappa shape index (κ2) is 7.98. The highest BCUT2D eigenvalue weighted by Crippen LogP contribution is 2.16. The van der Waals surface area contributed by atoms with Crippen LogP contribution in [0.4, 0.5) is 0 Å². The van der Waals surface area contributed by atoms with Crippen LogP contribution in [0, 0.1) is 5.92 Å². The van der Waals surface area contributed by atoms with Crippen molar-refractivity contribution < 1.29 is 19.1 Å². The molecule has 0 aliphatic carbocycles. The Hall–Kier alpha value is -1.62. The Morgan fingerprint density at radius 3 is 2.10 bits per heavy atom. The summed E-state index contributed by atoms with van der Waals surface area (Å²) in [5, 5.41) is 0.306. The summed E-state index contributed by atoms with van der Waals surface area (Å²) >= 11 is 5.81. The second-order valence-electron chi connectivity index (χ2n) is 5.21. The van der Waals surface area contributed by atoms with Gasteiger partial charge in [0.05, 0.1) is 12.2 Å². The molecular formula is C15H20ClNO4. The topological polar surface area (TPSA) is 65.5 Å². The van der Waals surface area contributed by atoms with Gasteiger partial charge in [-0.05, 0) is 51.8 Å². The second-order valence-corrected chi connectivity index (χ2v) is 5.60. The standard InChI is InChI=1S/C15H20ClNO4/c1-9(2)20-14(18)12(15(19)21-10(3)4)7-11-5-6-17-13(16)8-11/h5-6,8-10,12H,7H2,1-4H3. The van der Waals surface area contributed by atoms with E-state index in [0.717, 1.165) is 5.56 Å². The minimum absolute atomic E-state index is 0.166. The van der Waals surface area contributed by atoms with Gasteiger partial charge in [0.1, 0.15) is 5.15 Å². The molecule has 6 heteroatoms. The fourth-order valence-corrected chi connectivity index (χ4v) is 1.89. The predicted molar refractivity (Wildman–Crippen MR) is 78.9 cm³/mol. The van der Waals surface area contributed by atoms with E-state index in [9.17, 15) is 9.59 Å². The number of hydrogen-bond donors (Lipinski definition) is 0. The number of rotatable bonds is 6. The third kappa shape index (κ3) is 6.12. The van der Waals surface area contributed by atoms with E-state index in [4.69, 9.17) is 21.1 Å². The van der Waals surface area contributed by atoms with E-state index in [0.29, 0.717) is 5.15 Å². The molecule has 1 heterocycles. The lowest BCUT2D eigenvalue weighted by atomic mass is 10.00. The lowest BCUT2D eigenvalue weighted by Gasteiger charge is -2.18. The number of ether oxygens (including phenoxy) is 2. The van der Waals surface area contributed by atoms with Gasteiger partial charge in [-0.1, -0.05) is 11.6 Å². The van der Waals surface area contributed by atoms with Crippen LogP contribution in [0.15, 0.2) is 18.3 Å². The van der Waals surface area contributed by atoms with Crippen LogP contribution in [0.3, 0.4) is 0 Å². The monoisotopic (exact) mass is 313 g/mol. The first-order valence-electron chi connectivity index (χ1n) is 6.81. The van der Waals surface area contributed by atoms with Crippen LogP contribution in [0.1, 0.15) is 33.3 Å². The Morgan fingerprint density at radius 1 is 1.14 bits per heavy atom. The summed E-state index contributed by atoms with van der Waals surface area (Å²) in [5.41, 5.74) is 0.724. The third-order valence-electron chi connectivity index (χ3n) is 2.50. The minimum Gasteiger partial charge on any atom is -0.462 e. The first-order chi connectivity index (χ1) is 9.79. The van der Waals surface area contributed by atoms with Gasteiger partial charge in [-0.25, -0.2) is 4.98 Å². The summed E-state index contributed by atoms with van der Waals surface area (Å²) in [6, 6.07) is 3.31. The number of pyridine rings is 1. The number of hydrogen-bond acceptors (Lipinski definition) is 5. The summed E-state index contributed by atoms with van der Waals surface area (Å²) in [6.07, 6.45) is 1.09. The van der Waals surface area contributed by atoms with Crippen LogP contribution in [-0.2, 0) is 25.5 Å². The number of aromatic nitrogens is 1. The zero-order valence-electron chi connectivity index (χ0n) is 12.6. The average molecular weight is 314 g/mol. The summed E-state index contributed by atoms with van der Waals surface area (Å²) in [6.45, 7) is 6.91. The molecule has 1 rings (SSSR count). The van der Waals surface area contributed by atoms with Gasteiger partial charge in [0.25, 0.3) is 0 Å². The normalized spacial score (nSPS) is 11.0. The molecule has 1 aromatic heterocycles. The molecule has 0 aliphatic rings. The zero-order valence-corrected chi connectivity index (χ0v) is 13.4. The van der Waals surface area contributed by atoms with Crippen molar-refractivity contribution in [1.82, 2.24) is 4.98 Å². The molecule has 0 bridgehead atoms. The van der Waals surface area contributed by atoms with Crippen molar-refractivity contribution in [3.05, 3.63) is 29.0 Å². The van der Waals surface area contributed by atoms with Gasteiger partial charge in [0, 0.05) is 6.20 Å². The van der Waals surface area contributed by atoms with Crippen molar-refractivity contribution in [2.45, 2.75) is 46.3 Å². The van der Waals surface area contributed by atoms with Gasteiger partial charge in [0.2, 0.25) is 0 Å². The number of halogens is 1. The molecule has 0 aromatic carbocycles. The van der Waals surface area contributed by atoms with Crippen molar-refractivity contribution in [1.29, 1.82) is 0 Å². The number of esters is 2. The number of carbonyl (C=O) groups is 2. The first kappa shape index (κ1) is 17.4. The molecule has 1 aromatic rings. The Labute approximate surface area is 129 Å². The van der Waals surface area contributed by atoms with Crippen molar-refractivity contribution >= 4 is 23.5 Å². The molecule has 0 unspecified atom stereocenters. The molecule has 5 nitrogen and oxygen atoms in total. The molecule has 0 fully saturated rings. The van der Waals surface area contributed by atoms with Crippen molar-refractivity contribution in [3.63, 3.8) is 0 Å². The van der Waals surface area contributed by atoms with Gasteiger partial charge in [-0.2, -0.15) is 0 Å². The minimum atomic E-state index is -1.01.